The van der Waals surface area contributed by atoms with Crippen molar-refractivity contribution < 1.29 is 9.72 Å². The predicted molar refractivity (Wildman–Crippen MR) is 122 cm³/mol. The zero-order valence-electron chi connectivity index (χ0n) is 16.9. The van der Waals surface area contributed by atoms with Crippen LogP contribution in [0.2, 0.25) is 0 Å². The molecular weight excluding hydrogens is 429 g/mol. The number of pyridine rings is 1. The molecule has 1 amide bonds. The van der Waals surface area contributed by atoms with Crippen molar-refractivity contribution in [2.75, 3.05) is 25.5 Å². The van der Waals surface area contributed by atoms with E-state index in [-0.39, 0.29) is 48.5 Å². The van der Waals surface area contributed by atoms with Gasteiger partial charge in [-0.25, -0.2) is 0 Å². The third-order valence-electron chi connectivity index (χ3n) is 5.12. The van der Waals surface area contributed by atoms with Gasteiger partial charge in [0.1, 0.15) is 5.69 Å². The molecule has 3 rings (SSSR count). The van der Waals surface area contributed by atoms with Crippen LogP contribution in [0.5, 0.6) is 0 Å². The number of piperidine rings is 1. The van der Waals surface area contributed by atoms with Crippen molar-refractivity contribution in [1.82, 2.24) is 15.2 Å². The summed E-state index contributed by atoms with van der Waals surface area (Å²) in [5, 5.41) is 18.0. The Kier molecular flexibility index (Phi) is 9.98. The van der Waals surface area contributed by atoms with Gasteiger partial charge in [-0.3, -0.25) is 19.9 Å². The van der Waals surface area contributed by atoms with E-state index in [1.165, 1.54) is 6.07 Å². The van der Waals surface area contributed by atoms with Crippen molar-refractivity contribution in [3.63, 3.8) is 0 Å². The van der Waals surface area contributed by atoms with Gasteiger partial charge in [-0.05, 0) is 57.1 Å². The lowest BCUT2D eigenvalue weighted by Gasteiger charge is -2.31. The second-order valence-electron chi connectivity index (χ2n) is 7.01. The van der Waals surface area contributed by atoms with Gasteiger partial charge in [-0.1, -0.05) is 6.07 Å². The number of halogens is 2. The fourth-order valence-electron chi connectivity index (χ4n) is 3.44. The van der Waals surface area contributed by atoms with E-state index in [1.807, 2.05) is 25.1 Å². The molecule has 0 radical (unpaired) electrons. The highest BCUT2D eigenvalue weighted by molar-refractivity contribution is 5.95. The topological polar surface area (TPSA) is 100 Å². The van der Waals surface area contributed by atoms with Crippen LogP contribution >= 0.6 is 24.8 Å². The number of aromatic nitrogens is 1. The van der Waals surface area contributed by atoms with Crippen LogP contribution in [-0.2, 0) is 0 Å². The number of rotatable bonds is 6. The number of anilines is 1. The maximum atomic E-state index is 12.8. The van der Waals surface area contributed by atoms with Crippen LogP contribution in [0.15, 0.2) is 42.6 Å². The molecule has 1 aliphatic rings. The number of benzene rings is 1. The molecular formula is C20H27Cl2N5O3. The van der Waals surface area contributed by atoms with Gasteiger partial charge < -0.3 is 15.5 Å². The van der Waals surface area contributed by atoms with Crippen molar-refractivity contribution in [2.24, 2.45) is 0 Å². The van der Waals surface area contributed by atoms with Gasteiger partial charge in [0.15, 0.2) is 0 Å². The average Bonchev–Trinajstić information content (AvgIpc) is 2.74. The molecule has 30 heavy (non-hydrogen) atoms. The van der Waals surface area contributed by atoms with Crippen LogP contribution in [0.1, 0.15) is 41.9 Å². The number of nitro benzene ring substituents is 1. The van der Waals surface area contributed by atoms with Gasteiger partial charge in [0.05, 0.1) is 16.7 Å². The SMILES string of the molecule is CC(Nc1ccc(C(=O)N(C)C2CCNCC2)cc1[N+](=O)[O-])c1ccccn1.Cl.Cl. The van der Waals surface area contributed by atoms with Crippen molar-refractivity contribution >= 4 is 42.1 Å². The Morgan fingerprint density at radius 3 is 2.57 bits per heavy atom. The first-order valence-electron chi connectivity index (χ1n) is 9.41. The first-order valence-corrected chi connectivity index (χ1v) is 9.41. The van der Waals surface area contributed by atoms with Crippen molar-refractivity contribution in [3.8, 4) is 0 Å². The Bertz CT molecular complexity index is 848. The van der Waals surface area contributed by atoms with Gasteiger partial charge >= 0.3 is 0 Å². The van der Waals surface area contributed by atoms with Gasteiger partial charge in [0, 0.05) is 30.9 Å². The molecule has 2 heterocycles. The molecule has 1 atom stereocenters. The minimum atomic E-state index is -0.464. The van der Waals surface area contributed by atoms with E-state index in [4.69, 9.17) is 0 Å². The number of nitrogens with one attached hydrogen (secondary N) is 2. The lowest BCUT2D eigenvalue weighted by Crippen LogP contribution is -2.43. The van der Waals surface area contributed by atoms with Crippen LogP contribution in [-0.4, -0.2) is 46.9 Å². The Balaban J connectivity index is 0.00000225. The molecule has 2 aromatic rings. The van der Waals surface area contributed by atoms with Crippen molar-refractivity contribution in [3.05, 3.63) is 64.0 Å². The van der Waals surface area contributed by atoms with Gasteiger partial charge in [-0.2, -0.15) is 0 Å². The third kappa shape index (κ3) is 6.04. The smallest absolute Gasteiger partial charge is 0.293 e. The monoisotopic (exact) mass is 455 g/mol. The van der Waals surface area contributed by atoms with Crippen LogP contribution in [0.4, 0.5) is 11.4 Å². The van der Waals surface area contributed by atoms with Gasteiger partial charge in [-0.15, -0.1) is 24.8 Å². The average molecular weight is 456 g/mol. The molecule has 1 unspecified atom stereocenters. The molecule has 8 nitrogen and oxygen atoms in total. The number of carbonyl (C=O) groups is 1. The zero-order chi connectivity index (χ0) is 20.1. The van der Waals surface area contributed by atoms with Crippen LogP contribution in [0.25, 0.3) is 0 Å². The summed E-state index contributed by atoms with van der Waals surface area (Å²) in [6, 6.07) is 10.1. The molecule has 1 aliphatic heterocycles. The van der Waals surface area contributed by atoms with E-state index in [0.29, 0.717) is 11.3 Å². The number of amides is 1. The third-order valence-corrected chi connectivity index (χ3v) is 5.12. The maximum absolute atomic E-state index is 12.8. The molecule has 1 aromatic carbocycles. The predicted octanol–water partition coefficient (Wildman–Crippen LogP) is 3.83. The van der Waals surface area contributed by atoms with Gasteiger partial charge in [0.2, 0.25) is 0 Å². The first kappa shape index (κ1) is 25.6. The molecule has 0 bridgehead atoms. The molecule has 1 aromatic heterocycles. The van der Waals surface area contributed by atoms with Crippen LogP contribution in [0, 0.1) is 10.1 Å². The Hall–Kier alpha value is -2.42. The molecule has 0 aliphatic carbocycles. The highest BCUT2D eigenvalue weighted by Crippen LogP contribution is 2.29. The zero-order valence-corrected chi connectivity index (χ0v) is 18.5. The standard InChI is InChI=1S/C20H25N5O3.2ClH/c1-14(17-5-3-4-10-22-17)23-18-7-6-15(13-19(18)25(27)28)20(26)24(2)16-8-11-21-12-9-16;;/h3-7,10,13-14,16,21,23H,8-9,11-12H2,1-2H3;2*1H. The van der Waals surface area contributed by atoms with Crippen LogP contribution < -0.4 is 10.6 Å². The summed E-state index contributed by atoms with van der Waals surface area (Å²) in [6.45, 7) is 3.63. The normalized spacial score (nSPS) is 14.6. The Morgan fingerprint density at radius 2 is 1.97 bits per heavy atom. The summed E-state index contributed by atoms with van der Waals surface area (Å²) in [4.78, 5) is 29.9. The van der Waals surface area contributed by atoms with Crippen molar-refractivity contribution in [2.45, 2.75) is 31.8 Å². The first-order chi connectivity index (χ1) is 13.5. The highest BCUT2D eigenvalue weighted by atomic mass is 35.5. The maximum Gasteiger partial charge on any atom is 0.293 e. The number of nitro groups is 1. The minimum Gasteiger partial charge on any atom is -0.371 e. The summed E-state index contributed by atoms with van der Waals surface area (Å²) in [6.07, 6.45) is 3.44. The molecule has 10 heteroatoms. The van der Waals surface area contributed by atoms with E-state index >= 15 is 0 Å². The number of hydrogen-bond acceptors (Lipinski definition) is 6. The second kappa shape index (κ2) is 11.7. The quantitative estimate of drug-likeness (QED) is 0.506. The van der Waals surface area contributed by atoms with Crippen molar-refractivity contribution in [1.29, 1.82) is 0 Å². The van der Waals surface area contributed by atoms with E-state index in [2.05, 4.69) is 15.6 Å². The molecule has 0 saturated carbocycles. The Morgan fingerprint density at radius 1 is 1.27 bits per heavy atom. The summed E-state index contributed by atoms with van der Waals surface area (Å²) in [7, 11) is 1.76. The summed E-state index contributed by atoms with van der Waals surface area (Å²) in [5.41, 5.74) is 1.35. The molecule has 2 N–H and O–H groups in total. The molecule has 1 fully saturated rings. The number of nitrogens with zero attached hydrogens (tertiary/aromatic N) is 3. The number of hydrogen-bond donors (Lipinski definition) is 2. The molecule has 0 spiro atoms. The van der Waals surface area contributed by atoms with E-state index in [9.17, 15) is 14.9 Å². The molecule has 1 saturated heterocycles. The van der Waals surface area contributed by atoms with Crippen LogP contribution in [0.3, 0.4) is 0 Å². The van der Waals surface area contributed by atoms with Gasteiger partial charge in [0.25, 0.3) is 11.6 Å². The van der Waals surface area contributed by atoms with E-state index in [1.54, 1.807) is 30.3 Å². The fourth-order valence-corrected chi connectivity index (χ4v) is 3.44. The fraction of sp³-hybridized carbons (Fsp3) is 0.400. The lowest BCUT2D eigenvalue weighted by molar-refractivity contribution is -0.384. The molecule has 164 valence electrons. The summed E-state index contributed by atoms with van der Waals surface area (Å²) < 4.78 is 0. The van der Waals surface area contributed by atoms with E-state index in [0.717, 1.165) is 31.6 Å². The summed E-state index contributed by atoms with van der Waals surface area (Å²) >= 11 is 0. The Labute approximate surface area is 188 Å². The van der Waals surface area contributed by atoms with E-state index < -0.39 is 4.92 Å². The summed E-state index contributed by atoms with van der Waals surface area (Å²) in [5.74, 6) is -0.195. The minimum absolute atomic E-state index is 0. The highest BCUT2D eigenvalue weighted by Gasteiger charge is 2.25. The second-order valence-corrected chi connectivity index (χ2v) is 7.01. The lowest BCUT2D eigenvalue weighted by atomic mass is 10.0. The number of carbonyl (C=O) groups excluding carboxylic acids is 1. The largest absolute Gasteiger partial charge is 0.371 e.